The molecule has 12 heteroatoms. The third-order valence-corrected chi connectivity index (χ3v) is 3.57. The van der Waals surface area contributed by atoms with Crippen molar-refractivity contribution in [1.82, 2.24) is 0 Å². The number of benzene rings is 1. The highest BCUT2D eigenvalue weighted by Gasteiger charge is 2.71. The van der Waals surface area contributed by atoms with Crippen LogP contribution in [0.25, 0.3) is 0 Å². The van der Waals surface area contributed by atoms with E-state index in [1.54, 1.807) is 0 Å². The Labute approximate surface area is 130 Å². The Hall–Kier alpha value is -0.920. The van der Waals surface area contributed by atoms with E-state index in [0.29, 0.717) is 0 Å². The van der Waals surface area contributed by atoms with Crippen LogP contribution in [0.2, 0.25) is 0 Å². The maximum Gasteiger partial charge on any atom is 0.430 e. The second-order valence-electron chi connectivity index (χ2n) is 4.12. The van der Waals surface area contributed by atoms with Crippen molar-refractivity contribution < 1.29 is 44.6 Å². The van der Waals surface area contributed by atoms with Crippen molar-refractivity contribution in [2.24, 2.45) is 0 Å². The number of hydrogen-bond acceptors (Lipinski definition) is 2. The molecular weight excluding hydrogens is 448 g/mol. The summed E-state index contributed by atoms with van der Waals surface area (Å²) in [7, 11) is 0. The molecule has 0 unspecified atom stereocenters. The SMILES string of the molecule is Nc1c(I)cc(C(O)(C(F)(F)F)C(F)(F)F)cc1C(F)(F)F. The van der Waals surface area contributed by atoms with E-state index < -0.39 is 50.6 Å². The third kappa shape index (κ3) is 3.07. The molecule has 0 saturated carbocycles. The second-order valence-corrected chi connectivity index (χ2v) is 5.29. The van der Waals surface area contributed by atoms with Crippen molar-refractivity contribution in [1.29, 1.82) is 0 Å². The number of nitrogen functional groups attached to an aromatic ring is 1. The minimum Gasteiger partial charge on any atom is -0.397 e. The van der Waals surface area contributed by atoms with Gasteiger partial charge in [-0.25, -0.2) is 0 Å². The van der Waals surface area contributed by atoms with Crippen LogP contribution < -0.4 is 5.73 Å². The van der Waals surface area contributed by atoms with Crippen LogP contribution in [0, 0.1) is 3.57 Å². The van der Waals surface area contributed by atoms with E-state index in [9.17, 15) is 39.5 Å². The fraction of sp³-hybridized carbons (Fsp3) is 0.400. The zero-order chi connectivity index (χ0) is 17.7. The Morgan fingerprint density at radius 1 is 0.864 bits per heavy atom. The van der Waals surface area contributed by atoms with Crippen molar-refractivity contribution in [2.45, 2.75) is 24.1 Å². The van der Waals surface area contributed by atoms with E-state index in [-0.39, 0.29) is 6.07 Å². The quantitative estimate of drug-likeness (QED) is 0.381. The summed E-state index contributed by atoms with van der Waals surface area (Å²) >= 11 is 1.04. The first-order valence-electron chi connectivity index (χ1n) is 5.06. The minimum atomic E-state index is -6.28. The number of hydrogen-bond donors (Lipinski definition) is 2. The van der Waals surface area contributed by atoms with E-state index in [1.165, 1.54) is 0 Å². The summed E-state index contributed by atoms with van der Waals surface area (Å²) in [4.78, 5) is 0. The summed E-state index contributed by atoms with van der Waals surface area (Å²) in [6.07, 6.45) is -17.9. The molecule has 3 N–H and O–H groups in total. The molecule has 0 aliphatic carbocycles. The lowest BCUT2D eigenvalue weighted by Gasteiger charge is -2.33. The summed E-state index contributed by atoms with van der Waals surface area (Å²) in [6.45, 7) is 0. The first kappa shape index (κ1) is 19.1. The van der Waals surface area contributed by atoms with Gasteiger partial charge in [0.05, 0.1) is 11.3 Å². The van der Waals surface area contributed by atoms with E-state index in [1.807, 2.05) is 0 Å². The Morgan fingerprint density at radius 2 is 1.27 bits per heavy atom. The van der Waals surface area contributed by atoms with E-state index in [0.717, 1.165) is 22.6 Å². The average molecular weight is 453 g/mol. The van der Waals surface area contributed by atoms with Crippen molar-refractivity contribution in [3.05, 3.63) is 26.8 Å². The number of alkyl halides is 9. The maximum absolute atomic E-state index is 12.7. The lowest BCUT2D eigenvalue weighted by molar-refractivity contribution is -0.376. The van der Waals surface area contributed by atoms with E-state index in [2.05, 4.69) is 0 Å². The molecule has 1 aromatic rings. The number of halogens is 10. The van der Waals surface area contributed by atoms with Gasteiger partial charge >= 0.3 is 18.5 Å². The molecule has 0 aromatic heterocycles. The highest BCUT2D eigenvalue weighted by molar-refractivity contribution is 14.1. The molecule has 0 bridgehead atoms. The van der Waals surface area contributed by atoms with Crippen LogP contribution in [0.4, 0.5) is 45.2 Å². The topological polar surface area (TPSA) is 46.2 Å². The van der Waals surface area contributed by atoms with Crippen molar-refractivity contribution >= 4 is 28.3 Å². The Balaban J connectivity index is 3.78. The molecule has 0 amide bonds. The smallest absolute Gasteiger partial charge is 0.397 e. The molecule has 1 rings (SSSR count). The third-order valence-electron chi connectivity index (χ3n) is 2.67. The van der Waals surface area contributed by atoms with Crippen LogP contribution in [0.3, 0.4) is 0 Å². The molecule has 0 aliphatic heterocycles. The predicted octanol–water partition coefficient (Wildman–Crippen LogP) is 4.20. The van der Waals surface area contributed by atoms with Gasteiger partial charge in [0.2, 0.25) is 0 Å². The molecule has 126 valence electrons. The fourth-order valence-corrected chi connectivity index (χ4v) is 2.18. The molecule has 0 heterocycles. The number of aliphatic hydroxyl groups is 1. The first-order valence-corrected chi connectivity index (χ1v) is 6.14. The molecular formula is C10H5F9INO. The van der Waals surface area contributed by atoms with Gasteiger partial charge in [-0.3, -0.25) is 0 Å². The Kier molecular flexibility index (Phi) is 4.62. The van der Waals surface area contributed by atoms with Crippen LogP contribution in [-0.4, -0.2) is 17.5 Å². The van der Waals surface area contributed by atoms with Gasteiger partial charge in [0.25, 0.3) is 5.60 Å². The van der Waals surface area contributed by atoms with Gasteiger partial charge in [0, 0.05) is 9.13 Å². The van der Waals surface area contributed by atoms with E-state index in [4.69, 9.17) is 10.8 Å². The number of nitrogens with two attached hydrogens (primary N) is 1. The lowest BCUT2D eigenvalue weighted by Crippen LogP contribution is -2.54. The van der Waals surface area contributed by atoms with Gasteiger partial charge in [0.1, 0.15) is 0 Å². The summed E-state index contributed by atoms with van der Waals surface area (Å²) in [5.41, 5.74) is -5.38. The standard InChI is InChI=1S/C10H5F9INO/c11-8(12,13)4-1-3(2-5(20)6(4)21)7(22,9(14,15)16)10(17,18)19/h1-2,22H,21H2. The lowest BCUT2D eigenvalue weighted by atomic mass is 9.90. The van der Waals surface area contributed by atoms with Crippen molar-refractivity contribution in [3.8, 4) is 0 Å². The minimum absolute atomic E-state index is 0.103. The van der Waals surface area contributed by atoms with Gasteiger partial charge in [-0.1, -0.05) is 0 Å². The van der Waals surface area contributed by atoms with Gasteiger partial charge in [-0.15, -0.1) is 0 Å². The second kappa shape index (κ2) is 5.32. The zero-order valence-corrected chi connectivity index (χ0v) is 12.1. The van der Waals surface area contributed by atoms with Crippen LogP contribution in [0.1, 0.15) is 11.1 Å². The van der Waals surface area contributed by atoms with Crippen LogP contribution in [0.5, 0.6) is 0 Å². The summed E-state index contributed by atoms with van der Waals surface area (Å²) < 4.78 is 113. The highest BCUT2D eigenvalue weighted by atomic mass is 127. The first-order chi connectivity index (χ1) is 9.53. The molecule has 0 aliphatic rings. The monoisotopic (exact) mass is 453 g/mol. The molecule has 0 spiro atoms. The highest BCUT2D eigenvalue weighted by Crippen LogP contribution is 2.51. The van der Waals surface area contributed by atoms with Crippen LogP contribution in [0.15, 0.2) is 12.1 Å². The number of anilines is 1. The van der Waals surface area contributed by atoms with Crippen molar-refractivity contribution in [2.75, 3.05) is 5.73 Å². The fourth-order valence-electron chi connectivity index (χ4n) is 1.55. The van der Waals surface area contributed by atoms with Crippen LogP contribution >= 0.6 is 22.6 Å². The Morgan fingerprint density at radius 3 is 1.59 bits per heavy atom. The molecule has 0 atom stereocenters. The van der Waals surface area contributed by atoms with Gasteiger partial charge < -0.3 is 10.8 Å². The number of rotatable bonds is 1. The normalized spacial score (nSPS) is 14.3. The largest absolute Gasteiger partial charge is 0.430 e. The Bertz CT molecular complexity index is 561. The van der Waals surface area contributed by atoms with Crippen LogP contribution in [-0.2, 0) is 11.8 Å². The zero-order valence-electron chi connectivity index (χ0n) is 9.96. The molecule has 22 heavy (non-hydrogen) atoms. The average Bonchev–Trinajstić information content (AvgIpc) is 2.26. The van der Waals surface area contributed by atoms with Gasteiger partial charge in [-0.2, -0.15) is 39.5 Å². The van der Waals surface area contributed by atoms with E-state index >= 15 is 0 Å². The molecule has 0 radical (unpaired) electrons. The summed E-state index contributed by atoms with van der Waals surface area (Å²) in [5.74, 6) is 0. The summed E-state index contributed by atoms with van der Waals surface area (Å²) in [6, 6.07) is -0.357. The molecule has 0 saturated heterocycles. The predicted molar refractivity (Wildman–Crippen MR) is 64.6 cm³/mol. The summed E-state index contributed by atoms with van der Waals surface area (Å²) in [5, 5.41) is 9.10. The van der Waals surface area contributed by atoms with Gasteiger partial charge in [-0.05, 0) is 34.7 Å². The van der Waals surface area contributed by atoms with Gasteiger partial charge in [0.15, 0.2) is 0 Å². The van der Waals surface area contributed by atoms with Crippen molar-refractivity contribution in [3.63, 3.8) is 0 Å². The molecule has 2 nitrogen and oxygen atoms in total. The molecule has 1 aromatic carbocycles. The maximum atomic E-state index is 12.7. The molecule has 0 fully saturated rings.